The number of para-hydroxylation sites is 2. The SMILES string of the molecule is NCC(=O)c1ccc(CN(C(=O)N2CCOCC2)c2ccccc2)nc1.O=C(CNC(=O)C(F)F)c1ccc(CN(C(=O)N2CCOCC2)c2ccccc2)nc1. The van der Waals surface area contributed by atoms with E-state index in [1.807, 2.05) is 66.0 Å². The Bertz CT molecular complexity index is 1930. The largest absolute Gasteiger partial charge is 0.378 e. The van der Waals surface area contributed by atoms with Gasteiger partial charge in [0.05, 0.1) is 64.0 Å². The molecule has 300 valence electrons. The molecule has 0 bridgehead atoms. The third-order valence-corrected chi connectivity index (χ3v) is 8.90. The van der Waals surface area contributed by atoms with Crippen molar-refractivity contribution in [3.05, 3.63) is 120 Å². The average molecular weight is 787 g/mol. The minimum Gasteiger partial charge on any atom is -0.378 e. The second-order valence-corrected chi connectivity index (χ2v) is 12.8. The van der Waals surface area contributed by atoms with Gasteiger partial charge in [-0.15, -0.1) is 0 Å². The lowest BCUT2D eigenvalue weighted by Crippen LogP contribution is -2.48. The van der Waals surface area contributed by atoms with E-state index in [1.165, 1.54) is 18.5 Å². The van der Waals surface area contributed by atoms with Crippen molar-refractivity contribution in [2.75, 3.05) is 75.5 Å². The topological polar surface area (TPSA) is 181 Å². The number of ether oxygens (including phenoxy) is 2. The fraction of sp³-hybridized carbons (Fsp3) is 0.325. The number of rotatable bonds is 12. The van der Waals surface area contributed by atoms with Crippen LogP contribution in [0.1, 0.15) is 32.1 Å². The molecule has 17 heteroatoms. The number of carbonyl (C=O) groups excluding carboxylic acids is 5. The van der Waals surface area contributed by atoms with Gasteiger partial charge in [-0.05, 0) is 48.5 Å². The van der Waals surface area contributed by atoms with E-state index in [2.05, 4.69) is 9.97 Å². The Morgan fingerprint density at radius 2 is 1.07 bits per heavy atom. The number of urea groups is 2. The summed E-state index contributed by atoms with van der Waals surface area (Å²) in [7, 11) is 0. The molecule has 2 aliphatic heterocycles. The van der Waals surface area contributed by atoms with E-state index < -0.39 is 24.7 Å². The van der Waals surface area contributed by atoms with E-state index in [4.69, 9.17) is 15.2 Å². The summed E-state index contributed by atoms with van der Waals surface area (Å²) in [5, 5.41) is 1.87. The number of Topliss-reactive ketones (excluding diaryl/α,β-unsaturated/α-hetero) is 2. The zero-order valence-electron chi connectivity index (χ0n) is 31.2. The summed E-state index contributed by atoms with van der Waals surface area (Å²) in [6.07, 6.45) is -0.372. The summed E-state index contributed by atoms with van der Waals surface area (Å²) >= 11 is 0. The van der Waals surface area contributed by atoms with Crippen molar-refractivity contribution in [2.24, 2.45) is 5.73 Å². The number of morpholine rings is 2. The molecule has 15 nitrogen and oxygen atoms in total. The van der Waals surface area contributed by atoms with Crippen LogP contribution in [0.4, 0.5) is 29.7 Å². The summed E-state index contributed by atoms with van der Waals surface area (Å²) < 4.78 is 35.1. The van der Waals surface area contributed by atoms with Crippen LogP contribution in [-0.4, -0.2) is 121 Å². The van der Waals surface area contributed by atoms with E-state index in [1.54, 1.807) is 37.8 Å². The first-order chi connectivity index (χ1) is 27.6. The van der Waals surface area contributed by atoms with Crippen LogP contribution in [0.2, 0.25) is 0 Å². The normalized spacial score (nSPS) is 13.9. The number of pyridine rings is 2. The number of anilines is 2. The van der Waals surface area contributed by atoms with Crippen molar-refractivity contribution < 1.29 is 42.2 Å². The number of nitrogens with one attached hydrogen (secondary N) is 1. The number of hydrogen-bond acceptors (Lipinski definition) is 10. The molecule has 0 saturated carbocycles. The van der Waals surface area contributed by atoms with Crippen molar-refractivity contribution in [3.8, 4) is 0 Å². The highest BCUT2D eigenvalue weighted by molar-refractivity contribution is 5.99. The molecule has 0 atom stereocenters. The van der Waals surface area contributed by atoms with E-state index in [0.29, 0.717) is 81.8 Å². The van der Waals surface area contributed by atoms with E-state index >= 15 is 0 Å². The van der Waals surface area contributed by atoms with Gasteiger partial charge in [-0.3, -0.25) is 34.2 Å². The van der Waals surface area contributed by atoms with Gasteiger partial charge < -0.3 is 30.3 Å². The summed E-state index contributed by atoms with van der Waals surface area (Å²) in [5.74, 6) is -2.20. The first kappa shape index (κ1) is 42.0. The molecule has 4 aromatic rings. The molecule has 0 aliphatic carbocycles. The standard InChI is InChI=1S/C21H22F2N4O4.C19H22N4O3/c22-19(23)20(29)25-13-18(28)15-6-7-16(24-12-15)14-27(17-4-2-1-3-5-17)21(30)26-8-10-31-11-9-26;20-12-18(24)15-6-7-16(21-13-15)14-23(17-4-2-1-3-5-17)19(25)22-8-10-26-11-9-22/h1-7,12,19H,8-11,13-14H2,(H,25,29);1-7,13H,8-12,14,20H2. The Morgan fingerprint density at radius 3 is 1.44 bits per heavy atom. The molecule has 2 aromatic carbocycles. The number of aromatic nitrogens is 2. The molecule has 2 saturated heterocycles. The third kappa shape index (κ3) is 12.2. The summed E-state index contributed by atoms with van der Waals surface area (Å²) in [6.45, 7) is 4.07. The predicted molar refractivity (Wildman–Crippen MR) is 206 cm³/mol. The number of hydrogen-bond donors (Lipinski definition) is 2. The van der Waals surface area contributed by atoms with Crippen molar-refractivity contribution in [1.29, 1.82) is 0 Å². The fourth-order valence-electron chi connectivity index (χ4n) is 5.76. The van der Waals surface area contributed by atoms with Gasteiger partial charge >= 0.3 is 18.5 Å². The smallest absolute Gasteiger partial charge is 0.325 e. The van der Waals surface area contributed by atoms with Gasteiger partial charge in [-0.2, -0.15) is 8.78 Å². The quantitative estimate of drug-likeness (QED) is 0.201. The highest BCUT2D eigenvalue weighted by Crippen LogP contribution is 2.21. The summed E-state index contributed by atoms with van der Waals surface area (Å²) in [6, 6.07) is 24.9. The number of halogens is 2. The van der Waals surface area contributed by atoms with Gasteiger partial charge in [0.15, 0.2) is 11.6 Å². The maximum atomic E-state index is 13.1. The van der Waals surface area contributed by atoms with Crippen LogP contribution in [0.3, 0.4) is 0 Å². The van der Waals surface area contributed by atoms with Crippen LogP contribution in [0, 0.1) is 0 Å². The number of carbonyl (C=O) groups is 5. The zero-order valence-corrected chi connectivity index (χ0v) is 31.2. The van der Waals surface area contributed by atoms with Crippen molar-refractivity contribution in [1.82, 2.24) is 25.1 Å². The minimum absolute atomic E-state index is 0.0489. The lowest BCUT2D eigenvalue weighted by Gasteiger charge is -2.33. The van der Waals surface area contributed by atoms with Crippen LogP contribution in [0.15, 0.2) is 97.3 Å². The molecule has 57 heavy (non-hydrogen) atoms. The molecule has 3 N–H and O–H groups in total. The molecule has 2 fully saturated rings. The molecular formula is C40H44F2N8O7. The zero-order chi connectivity index (χ0) is 40.6. The molecule has 0 spiro atoms. The second-order valence-electron chi connectivity index (χ2n) is 12.8. The Labute approximate surface area is 328 Å². The number of nitrogens with zero attached hydrogens (tertiary/aromatic N) is 6. The molecule has 2 aliphatic rings. The van der Waals surface area contributed by atoms with E-state index in [0.717, 1.165) is 5.69 Å². The lowest BCUT2D eigenvalue weighted by molar-refractivity contribution is -0.131. The molecule has 2 aromatic heterocycles. The molecule has 0 unspecified atom stereocenters. The molecule has 5 amide bonds. The number of alkyl halides is 2. The number of amides is 5. The summed E-state index contributed by atoms with van der Waals surface area (Å²) in [5.41, 5.74) is 8.76. The maximum Gasteiger partial charge on any atom is 0.325 e. The number of ketones is 2. The minimum atomic E-state index is -3.18. The van der Waals surface area contributed by atoms with Crippen molar-refractivity contribution in [2.45, 2.75) is 19.5 Å². The van der Waals surface area contributed by atoms with Crippen molar-refractivity contribution >= 4 is 40.9 Å². The van der Waals surface area contributed by atoms with Crippen LogP contribution in [-0.2, 0) is 27.4 Å². The summed E-state index contributed by atoms with van der Waals surface area (Å²) in [4.78, 5) is 76.1. The number of benzene rings is 2. The molecule has 6 rings (SSSR count). The van der Waals surface area contributed by atoms with Gasteiger partial charge in [0.2, 0.25) is 0 Å². The van der Waals surface area contributed by atoms with Gasteiger partial charge in [-0.1, -0.05) is 36.4 Å². The highest BCUT2D eigenvalue weighted by atomic mass is 19.3. The van der Waals surface area contributed by atoms with Crippen LogP contribution < -0.4 is 20.9 Å². The van der Waals surface area contributed by atoms with E-state index in [9.17, 15) is 32.8 Å². The molecular weight excluding hydrogens is 742 g/mol. The van der Waals surface area contributed by atoms with Gasteiger partial charge in [0.25, 0.3) is 5.91 Å². The first-order valence-electron chi connectivity index (χ1n) is 18.2. The lowest BCUT2D eigenvalue weighted by atomic mass is 10.1. The average Bonchev–Trinajstić information content (AvgIpc) is 3.27. The monoisotopic (exact) mass is 786 g/mol. The number of nitrogens with two attached hydrogens (primary N) is 1. The fourth-order valence-corrected chi connectivity index (χ4v) is 5.76. The van der Waals surface area contributed by atoms with Crippen LogP contribution in [0.5, 0.6) is 0 Å². The van der Waals surface area contributed by atoms with Crippen LogP contribution in [0.25, 0.3) is 0 Å². The second kappa shape index (κ2) is 21.2. The Morgan fingerprint density at radius 1 is 0.649 bits per heavy atom. The Kier molecular flexibility index (Phi) is 15.6. The molecule has 0 radical (unpaired) electrons. The predicted octanol–water partition coefficient (Wildman–Crippen LogP) is 3.79. The van der Waals surface area contributed by atoms with Crippen LogP contribution >= 0.6 is 0 Å². The van der Waals surface area contributed by atoms with Crippen molar-refractivity contribution in [3.63, 3.8) is 0 Å². The van der Waals surface area contributed by atoms with E-state index in [-0.39, 0.29) is 36.5 Å². The van der Waals surface area contributed by atoms with Gasteiger partial charge in [0, 0.05) is 61.1 Å². The van der Waals surface area contributed by atoms with Gasteiger partial charge in [0.1, 0.15) is 0 Å². The third-order valence-electron chi connectivity index (χ3n) is 8.90. The first-order valence-corrected chi connectivity index (χ1v) is 18.2. The Hall–Kier alpha value is -6.17. The Balaban J connectivity index is 0.000000221. The molecule has 4 heterocycles. The maximum absolute atomic E-state index is 13.1. The van der Waals surface area contributed by atoms with Gasteiger partial charge in [-0.25, -0.2) is 9.59 Å². The highest BCUT2D eigenvalue weighted by Gasteiger charge is 2.26.